The van der Waals surface area contributed by atoms with Gasteiger partial charge >= 0.3 is 0 Å². The molecule has 2 rings (SSSR count). The van der Waals surface area contributed by atoms with Gasteiger partial charge in [-0.25, -0.2) is 0 Å². The van der Waals surface area contributed by atoms with Gasteiger partial charge in [0, 0.05) is 43.4 Å². The van der Waals surface area contributed by atoms with Gasteiger partial charge in [0.15, 0.2) is 0 Å². The Bertz CT molecular complexity index is 585. The van der Waals surface area contributed by atoms with Crippen molar-refractivity contribution in [2.75, 3.05) is 25.2 Å². The molecule has 21 heavy (non-hydrogen) atoms. The number of benzene rings is 1. The van der Waals surface area contributed by atoms with Crippen LogP contribution in [0, 0.1) is 0 Å². The molecule has 0 saturated carbocycles. The first kappa shape index (κ1) is 15.7. The van der Waals surface area contributed by atoms with Crippen LogP contribution in [0.15, 0.2) is 30.5 Å². The normalized spacial score (nSPS) is 12.6. The molecule has 0 bridgehead atoms. The van der Waals surface area contributed by atoms with E-state index < -0.39 is 0 Å². The Morgan fingerprint density at radius 1 is 1.33 bits per heavy atom. The SMILES string of the molecule is CCC(C)N(CCOC)c1c(CN)cnc2ccccc12. The lowest BCUT2D eigenvalue weighted by Crippen LogP contribution is -2.36. The summed E-state index contributed by atoms with van der Waals surface area (Å²) in [7, 11) is 1.74. The Morgan fingerprint density at radius 3 is 2.76 bits per heavy atom. The molecule has 2 aromatic rings. The molecular weight excluding hydrogens is 262 g/mol. The van der Waals surface area contributed by atoms with E-state index in [9.17, 15) is 0 Å². The number of hydrogen-bond donors (Lipinski definition) is 1. The van der Waals surface area contributed by atoms with Gasteiger partial charge in [-0.1, -0.05) is 25.1 Å². The fourth-order valence-corrected chi connectivity index (χ4v) is 2.62. The first-order valence-electron chi connectivity index (χ1n) is 7.55. The number of pyridine rings is 1. The Kier molecular flexibility index (Phi) is 5.53. The molecule has 0 fully saturated rings. The van der Waals surface area contributed by atoms with E-state index >= 15 is 0 Å². The number of ether oxygens (including phenoxy) is 1. The Balaban J connectivity index is 2.58. The van der Waals surface area contributed by atoms with Gasteiger partial charge in [-0.2, -0.15) is 0 Å². The van der Waals surface area contributed by atoms with Gasteiger partial charge in [0.05, 0.1) is 17.8 Å². The molecule has 1 atom stereocenters. The molecule has 0 spiro atoms. The van der Waals surface area contributed by atoms with Crippen molar-refractivity contribution in [2.45, 2.75) is 32.9 Å². The number of rotatable bonds is 7. The minimum Gasteiger partial charge on any atom is -0.383 e. The Hall–Kier alpha value is -1.65. The fraction of sp³-hybridized carbons (Fsp3) is 0.471. The number of methoxy groups -OCH3 is 1. The molecule has 1 unspecified atom stereocenters. The van der Waals surface area contributed by atoms with Crippen molar-refractivity contribution in [1.82, 2.24) is 4.98 Å². The highest BCUT2D eigenvalue weighted by atomic mass is 16.5. The molecule has 4 heteroatoms. The van der Waals surface area contributed by atoms with Crippen molar-refractivity contribution in [3.8, 4) is 0 Å². The monoisotopic (exact) mass is 287 g/mol. The summed E-state index contributed by atoms with van der Waals surface area (Å²) in [5, 5.41) is 1.16. The number of anilines is 1. The van der Waals surface area contributed by atoms with Crippen molar-refractivity contribution < 1.29 is 4.74 Å². The number of hydrogen-bond acceptors (Lipinski definition) is 4. The van der Waals surface area contributed by atoms with E-state index in [-0.39, 0.29) is 0 Å². The molecule has 0 saturated heterocycles. The first-order chi connectivity index (χ1) is 10.2. The molecule has 0 aliphatic carbocycles. The summed E-state index contributed by atoms with van der Waals surface area (Å²) in [6.45, 7) is 6.49. The number of fused-ring (bicyclic) bond motifs is 1. The van der Waals surface area contributed by atoms with E-state index in [2.05, 4.69) is 35.9 Å². The Morgan fingerprint density at radius 2 is 2.10 bits per heavy atom. The first-order valence-corrected chi connectivity index (χ1v) is 7.55. The molecule has 2 N–H and O–H groups in total. The van der Waals surface area contributed by atoms with E-state index in [4.69, 9.17) is 10.5 Å². The highest BCUT2D eigenvalue weighted by molar-refractivity contribution is 5.93. The van der Waals surface area contributed by atoms with Crippen molar-refractivity contribution in [3.05, 3.63) is 36.0 Å². The van der Waals surface area contributed by atoms with Crippen LogP contribution in [-0.4, -0.2) is 31.3 Å². The number of para-hydroxylation sites is 1. The zero-order valence-electron chi connectivity index (χ0n) is 13.2. The largest absolute Gasteiger partial charge is 0.383 e. The average molecular weight is 287 g/mol. The van der Waals surface area contributed by atoms with Crippen LogP contribution in [0.1, 0.15) is 25.8 Å². The maximum Gasteiger partial charge on any atom is 0.0723 e. The van der Waals surface area contributed by atoms with E-state index in [1.165, 1.54) is 5.69 Å². The minimum atomic E-state index is 0.427. The standard InChI is InChI=1S/C17H25N3O/c1-4-13(2)20(9-10-21-3)17-14(11-18)12-19-16-8-6-5-7-15(16)17/h5-8,12-13H,4,9-11,18H2,1-3H3. The molecule has 0 aliphatic rings. The minimum absolute atomic E-state index is 0.427. The second-order valence-electron chi connectivity index (χ2n) is 5.30. The summed E-state index contributed by atoms with van der Waals surface area (Å²) in [5.41, 5.74) is 9.25. The van der Waals surface area contributed by atoms with Gasteiger partial charge in [-0.3, -0.25) is 4.98 Å². The molecule has 4 nitrogen and oxygen atoms in total. The van der Waals surface area contributed by atoms with Crippen LogP contribution in [0.5, 0.6) is 0 Å². The van der Waals surface area contributed by atoms with Gasteiger partial charge in [-0.05, 0) is 19.4 Å². The third-order valence-electron chi connectivity index (χ3n) is 3.99. The molecule has 1 heterocycles. The molecule has 0 radical (unpaired) electrons. The van der Waals surface area contributed by atoms with Crippen molar-refractivity contribution >= 4 is 16.6 Å². The van der Waals surface area contributed by atoms with Gasteiger partial charge in [0.25, 0.3) is 0 Å². The predicted octanol–water partition coefficient (Wildman–Crippen LogP) is 2.94. The zero-order chi connectivity index (χ0) is 15.2. The molecule has 1 aromatic carbocycles. The summed E-state index contributed by atoms with van der Waals surface area (Å²) in [4.78, 5) is 6.92. The summed E-state index contributed by atoms with van der Waals surface area (Å²) < 4.78 is 5.29. The highest BCUT2D eigenvalue weighted by Gasteiger charge is 2.19. The van der Waals surface area contributed by atoms with Gasteiger partial charge in [0.2, 0.25) is 0 Å². The van der Waals surface area contributed by atoms with Gasteiger partial charge in [0.1, 0.15) is 0 Å². The molecule has 1 aromatic heterocycles. The number of nitrogens with two attached hydrogens (primary N) is 1. The van der Waals surface area contributed by atoms with Crippen LogP contribution < -0.4 is 10.6 Å². The van der Waals surface area contributed by atoms with E-state index in [1.807, 2.05) is 18.3 Å². The lowest BCUT2D eigenvalue weighted by atomic mass is 10.1. The maximum absolute atomic E-state index is 5.95. The number of aromatic nitrogens is 1. The third-order valence-corrected chi connectivity index (χ3v) is 3.99. The van der Waals surface area contributed by atoms with E-state index in [0.717, 1.165) is 29.4 Å². The second kappa shape index (κ2) is 7.38. The van der Waals surface area contributed by atoms with Crippen LogP contribution in [-0.2, 0) is 11.3 Å². The summed E-state index contributed by atoms with van der Waals surface area (Å²) in [6, 6.07) is 8.67. The summed E-state index contributed by atoms with van der Waals surface area (Å²) in [5.74, 6) is 0. The van der Waals surface area contributed by atoms with Gasteiger partial charge < -0.3 is 15.4 Å². The Labute approximate surface area is 126 Å². The van der Waals surface area contributed by atoms with Crippen LogP contribution >= 0.6 is 0 Å². The van der Waals surface area contributed by atoms with Crippen LogP contribution in [0.3, 0.4) is 0 Å². The second-order valence-corrected chi connectivity index (χ2v) is 5.30. The van der Waals surface area contributed by atoms with E-state index in [1.54, 1.807) is 7.11 Å². The quantitative estimate of drug-likeness (QED) is 0.850. The molecule has 114 valence electrons. The highest BCUT2D eigenvalue weighted by Crippen LogP contribution is 2.31. The summed E-state index contributed by atoms with van der Waals surface area (Å²) >= 11 is 0. The van der Waals surface area contributed by atoms with E-state index in [0.29, 0.717) is 19.2 Å². The van der Waals surface area contributed by atoms with Crippen molar-refractivity contribution in [2.24, 2.45) is 5.73 Å². The van der Waals surface area contributed by atoms with Gasteiger partial charge in [-0.15, -0.1) is 0 Å². The predicted molar refractivity (Wildman–Crippen MR) is 88.6 cm³/mol. The van der Waals surface area contributed by atoms with Crippen LogP contribution in [0.2, 0.25) is 0 Å². The van der Waals surface area contributed by atoms with Crippen LogP contribution in [0.25, 0.3) is 10.9 Å². The molecular formula is C17H25N3O. The average Bonchev–Trinajstić information content (AvgIpc) is 2.54. The van der Waals surface area contributed by atoms with Crippen molar-refractivity contribution in [3.63, 3.8) is 0 Å². The molecule has 0 amide bonds. The fourth-order valence-electron chi connectivity index (χ4n) is 2.62. The zero-order valence-corrected chi connectivity index (χ0v) is 13.2. The topological polar surface area (TPSA) is 51.4 Å². The van der Waals surface area contributed by atoms with Crippen molar-refractivity contribution in [1.29, 1.82) is 0 Å². The lowest BCUT2D eigenvalue weighted by molar-refractivity contribution is 0.203. The third kappa shape index (κ3) is 3.34. The lowest BCUT2D eigenvalue weighted by Gasteiger charge is -2.33. The number of nitrogens with zero attached hydrogens (tertiary/aromatic N) is 2. The summed E-state index contributed by atoms with van der Waals surface area (Å²) in [6.07, 6.45) is 2.98. The van der Waals surface area contributed by atoms with Crippen LogP contribution in [0.4, 0.5) is 5.69 Å². The smallest absolute Gasteiger partial charge is 0.0723 e. The maximum atomic E-state index is 5.95. The molecule has 0 aliphatic heterocycles.